The normalized spacial score (nSPS) is 24.3. The molecule has 17 heavy (non-hydrogen) atoms. The zero-order valence-electron chi connectivity index (χ0n) is 9.46. The number of hydrogen-bond acceptors (Lipinski definition) is 4. The van der Waals surface area contributed by atoms with Gasteiger partial charge >= 0.3 is 5.97 Å². The maximum atomic E-state index is 11.0. The number of methoxy groups -OCH3 is 1. The van der Waals surface area contributed by atoms with E-state index in [1.807, 2.05) is 0 Å². The Morgan fingerprint density at radius 2 is 1.94 bits per heavy atom. The van der Waals surface area contributed by atoms with Crippen molar-refractivity contribution in [3.8, 4) is 5.75 Å². The van der Waals surface area contributed by atoms with Crippen molar-refractivity contribution >= 4 is 5.97 Å². The predicted octanol–water partition coefficient (Wildman–Crippen LogP) is 1.24. The van der Waals surface area contributed by atoms with Crippen LogP contribution < -0.4 is 4.74 Å². The van der Waals surface area contributed by atoms with Crippen molar-refractivity contribution in [3.63, 3.8) is 0 Å². The molecule has 1 N–H and O–H groups in total. The summed E-state index contributed by atoms with van der Waals surface area (Å²) in [7, 11) is 1.58. The number of hydrogen-bond donors (Lipinski definition) is 1. The zero-order chi connectivity index (χ0) is 12.3. The minimum atomic E-state index is -1.01. The van der Waals surface area contributed by atoms with Gasteiger partial charge in [0, 0.05) is 0 Å². The molecule has 1 fully saturated rings. The molecule has 1 aliphatic rings. The summed E-state index contributed by atoms with van der Waals surface area (Å²) in [5.74, 6) is -0.289. The van der Waals surface area contributed by atoms with Gasteiger partial charge in [0.2, 0.25) is 0 Å². The Morgan fingerprint density at radius 3 is 2.53 bits per heavy atom. The Morgan fingerprint density at radius 1 is 1.29 bits per heavy atom. The molecule has 0 amide bonds. The first kappa shape index (κ1) is 11.9. The molecule has 5 nitrogen and oxygen atoms in total. The average Bonchev–Trinajstić information content (AvgIpc) is 2.39. The third-order valence-corrected chi connectivity index (χ3v) is 2.64. The van der Waals surface area contributed by atoms with Crippen molar-refractivity contribution in [2.45, 2.75) is 12.2 Å². The number of benzene rings is 1. The Balaban J connectivity index is 2.20. The third-order valence-electron chi connectivity index (χ3n) is 2.64. The number of aliphatic carboxylic acids is 1. The Kier molecular flexibility index (Phi) is 3.61. The summed E-state index contributed by atoms with van der Waals surface area (Å²) >= 11 is 0. The molecule has 5 heteroatoms. The maximum Gasteiger partial charge on any atom is 0.335 e. The highest BCUT2D eigenvalue weighted by Crippen LogP contribution is 2.28. The van der Waals surface area contributed by atoms with E-state index in [0.717, 1.165) is 11.3 Å². The minimum Gasteiger partial charge on any atom is -0.497 e. The molecule has 1 heterocycles. The maximum absolute atomic E-state index is 11.0. The van der Waals surface area contributed by atoms with Gasteiger partial charge in [0.05, 0.1) is 20.3 Å². The second kappa shape index (κ2) is 5.16. The van der Waals surface area contributed by atoms with Gasteiger partial charge in [0.25, 0.3) is 0 Å². The molecule has 0 aromatic heterocycles. The van der Waals surface area contributed by atoms with Crippen LogP contribution in [0.5, 0.6) is 5.75 Å². The average molecular weight is 238 g/mol. The summed E-state index contributed by atoms with van der Waals surface area (Å²) in [6, 6.07) is 7.11. The van der Waals surface area contributed by atoms with Gasteiger partial charge in [-0.1, -0.05) is 12.1 Å². The van der Waals surface area contributed by atoms with Crippen LogP contribution in [0.3, 0.4) is 0 Å². The number of carbonyl (C=O) groups is 1. The second-order valence-corrected chi connectivity index (χ2v) is 3.69. The van der Waals surface area contributed by atoms with Gasteiger partial charge in [-0.25, -0.2) is 4.79 Å². The van der Waals surface area contributed by atoms with Crippen molar-refractivity contribution in [1.29, 1.82) is 0 Å². The van der Waals surface area contributed by atoms with Crippen molar-refractivity contribution in [3.05, 3.63) is 29.8 Å². The molecule has 0 spiro atoms. The summed E-state index contributed by atoms with van der Waals surface area (Å²) in [6.45, 7) is 0.712. The molecule has 2 rings (SSSR count). The van der Waals surface area contributed by atoms with Crippen LogP contribution in [0.1, 0.15) is 11.7 Å². The predicted molar refractivity (Wildman–Crippen MR) is 59.1 cm³/mol. The first-order chi connectivity index (χ1) is 8.22. The van der Waals surface area contributed by atoms with Crippen LogP contribution >= 0.6 is 0 Å². The van der Waals surface area contributed by atoms with E-state index in [1.54, 1.807) is 31.4 Å². The van der Waals surface area contributed by atoms with Crippen molar-refractivity contribution in [2.75, 3.05) is 20.3 Å². The van der Waals surface area contributed by atoms with Crippen LogP contribution in [-0.2, 0) is 14.3 Å². The molecule has 0 radical (unpaired) electrons. The molecule has 1 aromatic rings. The molecule has 2 atom stereocenters. The first-order valence-electron chi connectivity index (χ1n) is 5.32. The molecule has 92 valence electrons. The van der Waals surface area contributed by atoms with Crippen molar-refractivity contribution in [2.24, 2.45) is 0 Å². The van der Waals surface area contributed by atoms with Crippen LogP contribution in [0.15, 0.2) is 24.3 Å². The summed E-state index contributed by atoms with van der Waals surface area (Å²) in [6.07, 6.45) is -1.51. The molecule has 1 aliphatic heterocycles. The Hall–Kier alpha value is -1.59. The molecule has 1 saturated heterocycles. The largest absolute Gasteiger partial charge is 0.497 e. The van der Waals surface area contributed by atoms with E-state index >= 15 is 0 Å². The number of ether oxygens (including phenoxy) is 3. The van der Waals surface area contributed by atoms with Gasteiger partial charge in [-0.15, -0.1) is 0 Å². The van der Waals surface area contributed by atoms with E-state index in [9.17, 15) is 4.79 Å². The van der Waals surface area contributed by atoms with Crippen LogP contribution in [0.2, 0.25) is 0 Å². The highest BCUT2D eigenvalue weighted by atomic mass is 16.6. The van der Waals surface area contributed by atoms with Gasteiger partial charge in [0.1, 0.15) is 11.9 Å². The van der Waals surface area contributed by atoms with Crippen molar-refractivity contribution in [1.82, 2.24) is 0 Å². The lowest BCUT2D eigenvalue weighted by Crippen LogP contribution is -2.38. The highest BCUT2D eigenvalue weighted by Gasteiger charge is 2.34. The van der Waals surface area contributed by atoms with Gasteiger partial charge in [-0.05, 0) is 17.7 Å². The fourth-order valence-electron chi connectivity index (χ4n) is 1.79. The fourth-order valence-corrected chi connectivity index (χ4v) is 1.79. The highest BCUT2D eigenvalue weighted by molar-refractivity contribution is 5.73. The molecule has 0 bridgehead atoms. The smallest absolute Gasteiger partial charge is 0.335 e. The van der Waals surface area contributed by atoms with Crippen LogP contribution in [-0.4, -0.2) is 37.5 Å². The van der Waals surface area contributed by atoms with Crippen LogP contribution in [0.4, 0.5) is 0 Å². The van der Waals surface area contributed by atoms with E-state index < -0.39 is 18.2 Å². The lowest BCUT2D eigenvalue weighted by atomic mass is 10.0. The third kappa shape index (κ3) is 2.57. The van der Waals surface area contributed by atoms with E-state index in [1.165, 1.54) is 0 Å². The summed E-state index contributed by atoms with van der Waals surface area (Å²) in [4.78, 5) is 11.0. The van der Waals surface area contributed by atoms with Gasteiger partial charge < -0.3 is 19.3 Å². The van der Waals surface area contributed by atoms with E-state index in [4.69, 9.17) is 19.3 Å². The summed E-state index contributed by atoms with van der Waals surface area (Å²) < 4.78 is 15.7. The van der Waals surface area contributed by atoms with Gasteiger partial charge in [-0.3, -0.25) is 0 Å². The topological polar surface area (TPSA) is 65.0 Å². The quantitative estimate of drug-likeness (QED) is 0.858. The SMILES string of the molecule is COc1ccc([C@H]2OCCO[C@@H]2C(=O)O)cc1. The van der Waals surface area contributed by atoms with Gasteiger partial charge in [0.15, 0.2) is 6.10 Å². The molecule has 0 saturated carbocycles. The van der Waals surface area contributed by atoms with E-state index in [0.29, 0.717) is 13.2 Å². The molecular formula is C12H14O5. The summed E-state index contributed by atoms with van der Waals surface area (Å²) in [5.41, 5.74) is 0.776. The van der Waals surface area contributed by atoms with Crippen molar-refractivity contribution < 1.29 is 24.1 Å². The van der Waals surface area contributed by atoms with Crippen LogP contribution in [0, 0.1) is 0 Å². The number of carboxylic acid groups (broad SMARTS) is 1. The number of carboxylic acids is 1. The first-order valence-corrected chi connectivity index (χ1v) is 5.32. The lowest BCUT2D eigenvalue weighted by Gasteiger charge is -2.29. The molecule has 0 aliphatic carbocycles. The van der Waals surface area contributed by atoms with Crippen LogP contribution in [0.25, 0.3) is 0 Å². The van der Waals surface area contributed by atoms with Gasteiger partial charge in [-0.2, -0.15) is 0 Å². The Bertz CT molecular complexity index is 386. The monoisotopic (exact) mass is 238 g/mol. The summed E-state index contributed by atoms with van der Waals surface area (Å²) in [5, 5.41) is 9.04. The molecule has 1 aromatic carbocycles. The standard InChI is InChI=1S/C12H14O5/c1-15-9-4-2-8(3-5-9)10-11(12(13)14)17-7-6-16-10/h2-5,10-11H,6-7H2,1H3,(H,13,14)/t10-,11+/m1/s1. The van der Waals surface area contributed by atoms with E-state index in [2.05, 4.69) is 0 Å². The second-order valence-electron chi connectivity index (χ2n) is 3.69. The minimum absolute atomic E-state index is 0.309. The zero-order valence-corrected chi connectivity index (χ0v) is 9.46. The number of rotatable bonds is 3. The lowest BCUT2D eigenvalue weighted by molar-refractivity contribution is -0.181. The fraction of sp³-hybridized carbons (Fsp3) is 0.417. The molecule has 0 unspecified atom stereocenters. The Labute approximate surface area is 98.9 Å². The molecular weight excluding hydrogens is 224 g/mol. The van der Waals surface area contributed by atoms with E-state index in [-0.39, 0.29) is 0 Å².